The van der Waals surface area contributed by atoms with Gasteiger partial charge in [-0.3, -0.25) is 4.79 Å². The summed E-state index contributed by atoms with van der Waals surface area (Å²) in [7, 11) is 0. The third-order valence-corrected chi connectivity index (χ3v) is 3.84. The van der Waals surface area contributed by atoms with Crippen molar-refractivity contribution in [1.82, 2.24) is 10.2 Å². The van der Waals surface area contributed by atoms with Crippen molar-refractivity contribution in [1.29, 1.82) is 0 Å². The van der Waals surface area contributed by atoms with E-state index in [0.717, 1.165) is 19.5 Å². The number of aryl methyl sites for hydroxylation is 1. The van der Waals surface area contributed by atoms with Crippen LogP contribution in [0, 0.1) is 0 Å². The second kappa shape index (κ2) is 5.74. The lowest BCUT2D eigenvalue weighted by Gasteiger charge is -2.45. The maximum absolute atomic E-state index is 12.4. The highest BCUT2D eigenvalue weighted by Crippen LogP contribution is 2.20. The van der Waals surface area contributed by atoms with Crippen LogP contribution in [0.3, 0.4) is 0 Å². The first-order valence-corrected chi connectivity index (χ1v) is 7.07. The number of rotatable bonds is 3. The van der Waals surface area contributed by atoms with Crippen LogP contribution in [0.4, 0.5) is 0 Å². The van der Waals surface area contributed by atoms with Crippen LogP contribution in [0.5, 0.6) is 0 Å². The Morgan fingerprint density at radius 2 is 2.05 bits per heavy atom. The molecule has 1 heterocycles. The Bertz CT molecular complexity index is 428. The predicted octanol–water partition coefficient (Wildman–Crippen LogP) is 2.22. The topological polar surface area (TPSA) is 32.3 Å². The van der Waals surface area contributed by atoms with Gasteiger partial charge < -0.3 is 10.2 Å². The molecule has 3 nitrogen and oxygen atoms in total. The van der Waals surface area contributed by atoms with E-state index in [1.54, 1.807) is 0 Å². The second-order valence-electron chi connectivity index (χ2n) is 6.08. The molecule has 1 aliphatic heterocycles. The fourth-order valence-corrected chi connectivity index (χ4v) is 2.58. The summed E-state index contributed by atoms with van der Waals surface area (Å²) < 4.78 is 0. The number of benzene rings is 1. The second-order valence-corrected chi connectivity index (χ2v) is 6.08. The van der Waals surface area contributed by atoms with E-state index < -0.39 is 0 Å². The SMILES string of the molecule is CC1CN(C(=O)CCc2ccccc2)C(C)(C)CN1. The van der Waals surface area contributed by atoms with Crippen molar-refractivity contribution < 1.29 is 4.79 Å². The van der Waals surface area contributed by atoms with Crippen molar-refractivity contribution >= 4 is 5.91 Å². The minimum absolute atomic E-state index is 0.0831. The van der Waals surface area contributed by atoms with E-state index in [-0.39, 0.29) is 11.4 Å². The molecule has 3 heteroatoms. The first-order valence-electron chi connectivity index (χ1n) is 7.07. The number of hydrogen-bond donors (Lipinski definition) is 1. The zero-order chi connectivity index (χ0) is 13.9. The smallest absolute Gasteiger partial charge is 0.223 e. The van der Waals surface area contributed by atoms with Crippen LogP contribution in [0.25, 0.3) is 0 Å². The van der Waals surface area contributed by atoms with Crippen molar-refractivity contribution in [3.8, 4) is 0 Å². The molecule has 0 bridgehead atoms. The van der Waals surface area contributed by atoms with E-state index in [1.807, 2.05) is 23.1 Å². The van der Waals surface area contributed by atoms with Gasteiger partial charge in [0.25, 0.3) is 0 Å². The Morgan fingerprint density at radius 1 is 1.37 bits per heavy atom. The summed E-state index contributed by atoms with van der Waals surface area (Å²) in [4.78, 5) is 14.5. The van der Waals surface area contributed by atoms with Crippen LogP contribution in [0.15, 0.2) is 30.3 Å². The highest BCUT2D eigenvalue weighted by atomic mass is 16.2. The predicted molar refractivity (Wildman–Crippen MR) is 78.0 cm³/mol. The van der Waals surface area contributed by atoms with Crippen LogP contribution in [0.1, 0.15) is 32.8 Å². The lowest BCUT2D eigenvalue weighted by Crippen LogP contribution is -2.62. The molecule has 2 rings (SSSR count). The monoisotopic (exact) mass is 260 g/mol. The summed E-state index contributed by atoms with van der Waals surface area (Å²) in [5.41, 5.74) is 1.15. The molecule has 0 aromatic heterocycles. The molecule has 0 spiro atoms. The van der Waals surface area contributed by atoms with Gasteiger partial charge in [-0.05, 0) is 32.8 Å². The number of amides is 1. The quantitative estimate of drug-likeness (QED) is 0.904. The molecule has 1 aromatic carbocycles. The number of hydrogen-bond acceptors (Lipinski definition) is 2. The lowest BCUT2D eigenvalue weighted by molar-refractivity contribution is -0.138. The van der Waals surface area contributed by atoms with Crippen molar-refractivity contribution in [3.63, 3.8) is 0 Å². The van der Waals surface area contributed by atoms with Gasteiger partial charge in [0.2, 0.25) is 5.91 Å². The Morgan fingerprint density at radius 3 is 2.74 bits per heavy atom. The average Bonchev–Trinajstić information content (AvgIpc) is 2.40. The van der Waals surface area contributed by atoms with Gasteiger partial charge in [-0.2, -0.15) is 0 Å². The van der Waals surface area contributed by atoms with Crippen molar-refractivity contribution in [2.75, 3.05) is 13.1 Å². The van der Waals surface area contributed by atoms with E-state index >= 15 is 0 Å². The van der Waals surface area contributed by atoms with Gasteiger partial charge in [-0.15, -0.1) is 0 Å². The highest BCUT2D eigenvalue weighted by Gasteiger charge is 2.35. The van der Waals surface area contributed by atoms with E-state index in [0.29, 0.717) is 12.5 Å². The Kier molecular flexibility index (Phi) is 4.25. The molecule has 1 unspecified atom stereocenters. The fourth-order valence-electron chi connectivity index (χ4n) is 2.58. The summed E-state index contributed by atoms with van der Waals surface area (Å²) in [6, 6.07) is 10.6. The molecule has 0 saturated carbocycles. The largest absolute Gasteiger partial charge is 0.335 e. The Hall–Kier alpha value is -1.35. The molecule has 1 aliphatic rings. The minimum Gasteiger partial charge on any atom is -0.335 e. The molecule has 19 heavy (non-hydrogen) atoms. The molecule has 104 valence electrons. The Balaban J connectivity index is 1.95. The van der Waals surface area contributed by atoms with Gasteiger partial charge in [-0.1, -0.05) is 30.3 Å². The van der Waals surface area contributed by atoms with Crippen LogP contribution in [-0.4, -0.2) is 35.5 Å². The maximum atomic E-state index is 12.4. The van der Waals surface area contributed by atoms with Gasteiger partial charge in [0, 0.05) is 31.1 Å². The molecule has 0 radical (unpaired) electrons. The van der Waals surface area contributed by atoms with E-state index in [9.17, 15) is 4.79 Å². The molecular weight excluding hydrogens is 236 g/mol. The molecular formula is C16H24N2O. The lowest BCUT2D eigenvalue weighted by atomic mass is 9.96. The molecule has 1 atom stereocenters. The Labute approximate surface area is 116 Å². The van der Waals surface area contributed by atoms with Gasteiger partial charge >= 0.3 is 0 Å². The maximum Gasteiger partial charge on any atom is 0.223 e. The number of nitrogens with zero attached hydrogens (tertiary/aromatic N) is 1. The van der Waals surface area contributed by atoms with Crippen molar-refractivity contribution in [3.05, 3.63) is 35.9 Å². The number of carbonyl (C=O) groups is 1. The summed E-state index contributed by atoms with van der Waals surface area (Å²) in [6.07, 6.45) is 1.42. The molecule has 1 fully saturated rings. The first kappa shape index (κ1) is 14.1. The first-order chi connectivity index (χ1) is 8.99. The summed E-state index contributed by atoms with van der Waals surface area (Å²) in [5.74, 6) is 0.266. The van der Waals surface area contributed by atoms with Crippen LogP contribution >= 0.6 is 0 Å². The van der Waals surface area contributed by atoms with E-state index in [2.05, 4.69) is 38.2 Å². The van der Waals surface area contributed by atoms with Gasteiger partial charge in [0.05, 0.1) is 0 Å². The number of piperazine rings is 1. The molecule has 1 saturated heterocycles. The molecule has 0 aliphatic carbocycles. The molecule has 1 amide bonds. The average molecular weight is 260 g/mol. The standard InChI is InChI=1S/C16H24N2O/c1-13-11-18(16(2,3)12-17-13)15(19)10-9-14-7-5-4-6-8-14/h4-8,13,17H,9-12H2,1-3H3. The normalized spacial score (nSPS) is 22.3. The van der Waals surface area contributed by atoms with Gasteiger partial charge in [-0.25, -0.2) is 0 Å². The van der Waals surface area contributed by atoms with Gasteiger partial charge in [0.15, 0.2) is 0 Å². The van der Waals surface area contributed by atoms with Gasteiger partial charge in [0.1, 0.15) is 0 Å². The number of carbonyl (C=O) groups excluding carboxylic acids is 1. The summed E-state index contributed by atoms with van der Waals surface area (Å²) in [6.45, 7) is 8.07. The van der Waals surface area contributed by atoms with Crippen LogP contribution in [0.2, 0.25) is 0 Å². The number of nitrogens with one attached hydrogen (secondary N) is 1. The minimum atomic E-state index is -0.0831. The highest BCUT2D eigenvalue weighted by molar-refractivity contribution is 5.77. The van der Waals surface area contributed by atoms with Crippen LogP contribution in [-0.2, 0) is 11.2 Å². The fraction of sp³-hybridized carbons (Fsp3) is 0.562. The van der Waals surface area contributed by atoms with Crippen molar-refractivity contribution in [2.45, 2.75) is 45.2 Å². The third kappa shape index (κ3) is 3.57. The van der Waals surface area contributed by atoms with Crippen molar-refractivity contribution in [2.24, 2.45) is 0 Å². The zero-order valence-electron chi connectivity index (χ0n) is 12.1. The van der Waals surface area contributed by atoms with Crippen LogP contribution < -0.4 is 5.32 Å². The third-order valence-electron chi connectivity index (χ3n) is 3.84. The zero-order valence-corrected chi connectivity index (χ0v) is 12.1. The molecule has 1 aromatic rings. The summed E-state index contributed by atoms with van der Waals surface area (Å²) >= 11 is 0. The summed E-state index contributed by atoms with van der Waals surface area (Å²) in [5, 5.41) is 3.44. The van der Waals surface area contributed by atoms with E-state index in [1.165, 1.54) is 5.56 Å². The van der Waals surface area contributed by atoms with E-state index in [4.69, 9.17) is 0 Å². The molecule has 1 N–H and O–H groups in total.